The number of rotatable bonds is 7. The summed E-state index contributed by atoms with van der Waals surface area (Å²) in [6.07, 6.45) is 1.61. The highest BCUT2D eigenvalue weighted by Gasteiger charge is 2.33. The first-order valence-electron chi connectivity index (χ1n) is 12.4. The van der Waals surface area contributed by atoms with Crippen LogP contribution in [0.1, 0.15) is 36.8 Å². The van der Waals surface area contributed by atoms with Crippen molar-refractivity contribution in [3.05, 3.63) is 113 Å². The van der Waals surface area contributed by atoms with Gasteiger partial charge in [-0.25, -0.2) is 9.79 Å². The molecule has 0 radical (unpaired) electrons. The van der Waals surface area contributed by atoms with Crippen LogP contribution in [0.4, 0.5) is 5.69 Å². The number of nitrogens with zero attached hydrogens (tertiary/aromatic N) is 3. The number of thiazole rings is 1. The molecule has 0 amide bonds. The first-order valence-corrected chi connectivity index (χ1v) is 13.2. The van der Waals surface area contributed by atoms with Crippen LogP contribution >= 0.6 is 11.3 Å². The lowest BCUT2D eigenvalue weighted by atomic mass is 9.96. The van der Waals surface area contributed by atoms with Crippen LogP contribution in [0.15, 0.2) is 80.1 Å². The lowest BCUT2D eigenvalue weighted by molar-refractivity contribution is -0.385. The minimum absolute atomic E-state index is 0.00457. The van der Waals surface area contributed by atoms with E-state index >= 15 is 0 Å². The average molecular weight is 560 g/mol. The van der Waals surface area contributed by atoms with Gasteiger partial charge in [-0.3, -0.25) is 19.5 Å². The summed E-state index contributed by atoms with van der Waals surface area (Å²) < 4.78 is 18.4. The van der Waals surface area contributed by atoms with Crippen molar-refractivity contribution in [1.29, 1.82) is 0 Å². The number of nitro benzene ring substituents is 1. The lowest BCUT2D eigenvalue weighted by Crippen LogP contribution is -2.39. The highest BCUT2D eigenvalue weighted by Crippen LogP contribution is 2.33. The van der Waals surface area contributed by atoms with E-state index in [2.05, 4.69) is 4.99 Å². The molecule has 0 saturated heterocycles. The maximum atomic E-state index is 13.8. The summed E-state index contributed by atoms with van der Waals surface area (Å²) in [5.41, 5.74) is 2.17. The Kier molecular flexibility index (Phi) is 7.22. The molecule has 0 N–H and O–H groups in total. The molecule has 2 aromatic heterocycles. The summed E-state index contributed by atoms with van der Waals surface area (Å²) in [7, 11) is 1.56. The van der Waals surface area contributed by atoms with Gasteiger partial charge in [-0.15, -0.1) is 0 Å². The summed E-state index contributed by atoms with van der Waals surface area (Å²) in [4.78, 5) is 42.7. The molecule has 1 aliphatic rings. The number of allylic oxidation sites excluding steroid dienone is 1. The van der Waals surface area contributed by atoms with E-state index in [1.807, 2.05) is 0 Å². The number of ether oxygens (including phenoxy) is 2. The van der Waals surface area contributed by atoms with Crippen LogP contribution in [0.3, 0.4) is 0 Å². The predicted molar refractivity (Wildman–Crippen MR) is 149 cm³/mol. The van der Waals surface area contributed by atoms with E-state index in [0.717, 1.165) is 0 Å². The van der Waals surface area contributed by atoms with Gasteiger partial charge in [0.1, 0.15) is 17.3 Å². The van der Waals surface area contributed by atoms with E-state index in [-0.39, 0.29) is 23.4 Å². The molecule has 3 heterocycles. The van der Waals surface area contributed by atoms with Crippen molar-refractivity contribution >= 4 is 29.1 Å². The Labute approximate surface area is 232 Å². The van der Waals surface area contributed by atoms with Crippen molar-refractivity contribution in [2.45, 2.75) is 26.8 Å². The van der Waals surface area contributed by atoms with Crippen LogP contribution in [0.5, 0.6) is 5.75 Å². The topological polar surface area (TPSA) is 126 Å². The predicted octanol–water partition coefficient (Wildman–Crippen LogP) is 4.28. The second kappa shape index (κ2) is 10.8. The SMILES string of the molecule is CCOC(=O)C1=C(C)N=c2s/c(=C\c3ccc(-c4cccc([N+](=O)[O-])c4C)o3)c(=O)n2[C@@H]1c1ccc(OC)cc1. The van der Waals surface area contributed by atoms with Crippen molar-refractivity contribution in [2.75, 3.05) is 13.7 Å². The van der Waals surface area contributed by atoms with Gasteiger partial charge in [0.2, 0.25) is 0 Å². The molecule has 204 valence electrons. The number of furan rings is 1. The lowest BCUT2D eigenvalue weighted by Gasteiger charge is -2.24. The third kappa shape index (κ3) is 4.75. The molecular formula is C29H25N3O7S. The zero-order chi connectivity index (χ0) is 28.6. The number of methoxy groups -OCH3 is 1. The molecular weight excluding hydrogens is 534 g/mol. The first kappa shape index (κ1) is 26.8. The molecule has 10 nitrogen and oxygen atoms in total. The summed E-state index contributed by atoms with van der Waals surface area (Å²) in [5, 5.41) is 11.4. The van der Waals surface area contributed by atoms with Gasteiger partial charge in [0.05, 0.1) is 40.5 Å². The van der Waals surface area contributed by atoms with Crippen molar-refractivity contribution in [1.82, 2.24) is 4.57 Å². The standard InChI is InChI=1S/C29H25N3O7S/c1-5-38-28(34)25-17(3)30-29-31(26(25)18-9-11-19(37-4)12-10-18)27(33)24(40-29)15-20-13-14-23(39-20)21-7-6-8-22(16(21)2)32(35)36/h6-15,26H,5H2,1-4H3/b24-15-/t26-/m1/s1. The van der Waals surface area contributed by atoms with E-state index in [0.29, 0.717) is 49.0 Å². The largest absolute Gasteiger partial charge is 0.497 e. The third-order valence-electron chi connectivity index (χ3n) is 6.62. The maximum absolute atomic E-state index is 13.8. The van der Waals surface area contributed by atoms with Gasteiger partial charge in [-0.2, -0.15) is 0 Å². The van der Waals surface area contributed by atoms with Gasteiger partial charge >= 0.3 is 5.97 Å². The Balaban J connectivity index is 1.62. The molecule has 0 bridgehead atoms. The second-order valence-corrected chi connectivity index (χ2v) is 9.99. The maximum Gasteiger partial charge on any atom is 0.338 e. The zero-order valence-corrected chi connectivity index (χ0v) is 23.0. The zero-order valence-electron chi connectivity index (χ0n) is 22.2. The molecule has 1 atom stereocenters. The number of hydrogen-bond donors (Lipinski definition) is 0. The molecule has 0 fully saturated rings. The molecule has 4 aromatic rings. The van der Waals surface area contributed by atoms with Gasteiger partial charge < -0.3 is 13.9 Å². The van der Waals surface area contributed by atoms with Crippen LogP contribution in [-0.4, -0.2) is 29.2 Å². The van der Waals surface area contributed by atoms with Crippen molar-refractivity contribution in [3.8, 4) is 17.1 Å². The summed E-state index contributed by atoms with van der Waals surface area (Å²) >= 11 is 1.18. The van der Waals surface area contributed by atoms with Crippen LogP contribution in [0.25, 0.3) is 17.4 Å². The van der Waals surface area contributed by atoms with Crippen LogP contribution < -0.4 is 19.6 Å². The Morgan fingerprint density at radius 1 is 1.18 bits per heavy atom. The van der Waals surface area contributed by atoms with Crippen LogP contribution in [0.2, 0.25) is 0 Å². The van der Waals surface area contributed by atoms with Crippen molar-refractivity contribution in [3.63, 3.8) is 0 Å². The summed E-state index contributed by atoms with van der Waals surface area (Å²) in [5.74, 6) is 0.939. The van der Waals surface area contributed by atoms with E-state index in [1.54, 1.807) is 82.5 Å². The van der Waals surface area contributed by atoms with Gasteiger partial charge in [0.25, 0.3) is 11.2 Å². The molecule has 2 aromatic carbocycles. The average Bonchev–Trinajstić information content (AvgIpc) is 3.52. The highest BCUT2D eigenvalue weighted by atomic mass is 32.1. The Bertz CT molecular complexity index is 1850. The Hall–Kier alpha value is -4.77. The molecule has 0 aliphatic carbocycles. The molecule has 0 spiro atoms. The minimum atomic E-state index is -0.747. The summed E-state index contributed by atoms with van der Waals surface area (Å²) in [6.45, 7) is 5.29. The van der Waals surface area contributed by atoms with Gasteiger partial charge in [0, 0.05) is 23.3 Å². The number of hydrogen-bond acceptors (Lipinski definition) is 9. The van der Waals surface area contributed by atoms with Gasteiger partial charge in [0.15, 0.2) is 4.80 Å². The number of benzene rings is 2. The normalized spacial score (nSPS) is 15.0. The summed E-state index contributed by atoms with van der Waals surface area (Å²) in [6, 6.07) is 14.6. The van der Waals surface area contributed by atoms with E-state index in [1.165, 1.54) is 22.0 Å². The third-order valence-corrected chi connectivity index (χ3v) is 7.60. The Morgan fingerprint density at radius 2 is 1.93 bits per heavy atom. The fourth-order valence-corrected chi connectivity index (χ4v) is 5.71. The number of nitro groups is 1. The molecule has 1 aliphatic heterocycles. The van der Waals surface area contributed by atoms with E-state index < -0.39 is 16.9 Å². The van der Waals surface area contributed by atoms with Crippen molar-refractivity contribution in [2.24, 2.45) is 4.99 Å². The van der Waals surface area contributed by atoms with Crippen LogP contribution in [-0.2, 0) is 9.53 Å². The Morgan fingerprint density at radius 3 is 2.60 bits per heavy atom. The smallest absolute Gasteiger partial charge is 0.338 e. The fourth-order valence-electron chi connectivity index (χ4n) is 4.69. The number of aromatic nitrogens is 1. The molecule has 40 heavy (non-hydrogen) atoms. The number of fused-ring (bicyclic) bond motifs is 1. The second-order valence-electron chi connectivity index (χ2n) is 8.98. The van der Waals surface area contributed by atoms with Crippen LogP contribution in [0, 0.1) is 17.0 Å². The molecule has 0 saturated carbocycles. The van der Waals surface area contributed by atoms with Crippen molar-refractivity contribution < 1.29 is 23.6 Å². The number of esters is 1. The molecule has 11 heteroatoms. The van der Waals surface area contributed by atoms with Gasteiger partial charge in [-0.1, -0.05) is 35.6 Å². The number of carbonyl (C=O) groups is 1. The monoisotopic (exact) mass is 559 g/mol. The van der Waals surface area contributed by atoms with Gasteiger partial charge in [-0.05, 0) is 50.6 Å². The first-order chi connectivity index (χ1) is 19.2. The van der Waals surface area contributed by atoms with E-state index in [4.69, 9.17) is 13.9 Å². The quantitative estimate of drug-likeness (QED) is 0.188. The number of carbonyl (C=O) groups excluding carboxylic acids is 1. The minimum Gasteiger partial charge on any atom is -0.497 e. The molecule has 5 rings (SSSR count). The highest BCUT2D eigenvalue weighted by molar-refractivity contribution is 7.07. The molecule has 0 unspecified atom stereocenters. The van der Waals surface area contributed by atoms with E-state index in [9.17, 15) is 19.7 Å². The fraction of sp³-hybridized carbons (Fsp3) is 0.207.